The number of carbonyl (C=O) groups is 2. The van der Waals surface area contributed by atoms with Crippen LogP contribution >= 0.6 is 0 Å². The number of nitrogens with one attached hydrogen (secondary N) is 1. The first-order valence-electron chi connectivity index (χ1n) is 8.55. The molecule has 6 nitrogen and oxygen atoms in total. The number of hydrogen-bond acceptors (Lipinski definition) is 5. The second kappa shape index (κ2) is 8.26. The van der Waals surface area contributed by atoms with Crippen molar-refractivity contribution >= 4 is 23.3 Å². The van der Waals surface area contributed by atoms with Gasteiger partial charge in [-0.1, -0.05) is 18.2 Å². The van der Waals surface area contributed by atoms with Gasteiger partial charge in [0.25, 0.3) is 5.91 Å². The molecule has 0 fully saturated rings. The first-order chi connectivity index (χ1) is 13.5. The summed E-state index contributed by atoms with van der Waals surface area (Å²) in [5.41, 5.74) is 9.69. The molecule has 3 aromatic carbocycles. The van der Waals surface area contributed by atoms with Gasteiger partial charge in [-0.2, -0.15) is 0 Å². The van der Waals surface area contributed by atoms with Crippen molar-refractivity contribution in [1.82, 2.24) is 0 Å². The molecule has 3 rings (SSSR count). The number of esters is 1. The van der Waals surface area contributed by atoms with Crippen LogP contribution in [0, 0.1) is 0 Å². The van der Waals surface area contributed by atoms with Crippen molar-refractivity contribution in [2.75, 3.05) is 25.3 Å². The Morgan fingerprint density at radius 3 is 2.04 bits per heavy atom. The van der Waals surface area contributed by atoms with Crippen LogP contribution in [0.3, 0.4) is 0 Å². The molecule has 0 saturated heterocycles. The van der Waals surface area contributed by atoms with Crippen LogP contribution in [0.15, 0.2) is 66.7 Å². The summed E-state index contributed by atoms with van der Waals surface area (Å²) >= 11 is 0. The first-order valence-corrected chi connectivity index (χ1v) is 8.55. The van der Waals surface area contributed by atoms with E-state index < -0.39 is 5.97 Å². The number of rotatable bonds is 5. The largest absolute Gasteiger partial charge is 0.497 e. The molecular formula is C22H20N2O4. The Morgan fingerprint density at radius 2 is 1.43 bits per heavy atom. The highest BCUT2D eigenvalue weighted by atomic mass is 16.5. The Bertz CT molecular complexity index is 996. The molecule has 0 spiro atoms. The van der Waals surface area contributed by atoms with E-state index in [-0.39, 0.29) is 5.91 Å². The van der Waals surface area contributed by atoms with E-state index in [1.807, 2.05) is 18.2 Å². The second-order valence-electron chi connectivity index (χ2n) is 6.05. The molecule has 0 aliphatic carbocycles. The van der Waals surface area contributed by atoms with Crippen LogP contribution in [0.4, 0.5) is 11.4 Å². The van der Waals surface area contributed by atoms with Crippen LogP contribution in [0.5, 0.6) is 5.75 Å². The molecule has 0 radical (unpaired) electrons. The van der Waals surface area contributed by atoms with Gasteiger partial charge < -0.3 is 20.5 Å². The highest BCUT2D eigenvalue weighted by Gasteiger charge is 2.11. The van der Waals surface area contributed by atoms with E-state index in [1.54, 1.807) is 55.6 Å². The number of carbonyl (C=O) groups excluding carboxylic acids is 2. The van der Waals surface area contributed by atoms with Crippen molar-refractivity contribution < 1.29 is 19.1 Å². The summed E-state index contributed by atoms with van der Waals surface area (Å²) in [6, 6.07) is 19.2. The van der Waals surface area contributed by atoms with Crippen LogP contribution in [0.25, 0.3) is 11.1 Å². The number of nitrogen functional groups attached to an aromatic ring is 1. The number of benzene rings is 3. The average molecular weight is 376 g/mol. The average Bonchev–Trinajstić information content (AvgIpc) is 2.74. The molecule has 3 aromatic rings. The predicted octanol–water partition coefficient (Wildman–Crippen LogP) is 3.98. The Morgan fingerprint density at radius 1 is 0.821 bits per heavy atom. The number of nitrogens with two attached hydrogens (primary N) is 1. The summed E-state index contributed by atoms with van der Waals surface area (Å²) in [6.45, 7) is 0. The zero-order chi connectivity index (χ0) is 20.1. The molecule has 0 unspecified atom stereocenters. The molecule has 0 aromatic heterocycles. The lowest BCUT2D eigenvalue weighted by molar-refractivity contribution is 0.0600. The van der Waals surface area contributed by atoms with Crippen molar-refractivity contribution in [2.45, 2.75) is 0 Å². The molecule has 0 aliphatic rings. The second-order valence-corrected chi connectivity index (χ2v) is 6.05. The molecule has 0 bridgehead atoms. The fourth-order valence-corrected chi connectivity index (χ4v) is 2.70. The Labute approximate surface area is 162 Å². The Balaban J connectivity index is 1.82. The minimum absolute atomic E-state index is 0.271. The maximum Gasteiger partial charge on any atom is 0.337 e. The summed E-state index contributed by atoms with van der Waals surface area (Å²) in [5.74, 6) is 0.0114. The first kappa shape index (κ1) is 19.0. The van der Waals surface area contributed by atoms with Crippen LogP contribution in [0.1, 0.15) is 20.7 Å². The fraction of sp³-hybridized carbons (Fsp3) is 0.0909. The zero-order valence-electron chi connectivity index (χ0n) is 15.6. The van der Waals surface area contributed by atoms with E-state index in [9.17, 15) is 9.59 Å². The molecular weight excluding hydrogens is 356 g/mol. The molecule has 6 heteroatoms. The molecule has 3 N–H and O–H groups in total. The van der Waals surface area contributed by atoms with Gasteiger partial charge >= 0.3 is 5.97 Å². The number of hydrogen-bond donors (Lipinski definition) is 2. The summed E-state index contributed by atoms with van der Waals surface area (Å²) in [4.78, 5) is 24.1. The van der Waals surface area contributed by atoms with Crippen LogP contribution < -0.4 is 15.8 Å². The fourth-order valence-electron chi connectivity index (χ4n) is 2.70. The van der Waals surface area contributed by atoms with Gasteiger partial charge in [0.2, 0.25) is 0 Å². The molecule has 142 valence electrons. The Kier molecular flexibility index (Phi) is 5.60. The topological polar surface area (TPSA) is 90.6 Å². The molecule has 1 amide bonds. The van der Waals surface area contributed by atoms with Gasteiger partial charge in [-0.3, -0.25) is 4.79 Å². The standard InChI is InChI=1S/C22H20N2O4/c1-27-18-10-7-15(8-11-18)21(25)24-20-13-17(9-12-19(20)23)14-3-5-16(6-4-14)22(26)28-2/h3-13H,23H2,1-2H3,(H,24,25). The number of methoxy groups -OCH3 is 2. The molecule has 0 atom stereocenters. The minimum Gasteiger partial charge on any atom is -0.497 e. The maximum atomic E-state index is 12.5. The van der Waals surface area contributed by atoms with Gasteiger partial charge in [0.1, 0.15) is 5.75 Å². The van der Waals surface area contributed by atoms with Crippen molar-refractivity contribution in [1.29, 1.82) is 0 Å². The molecule has 0 heterocycles. The van der Waals surface area contributed by atoms with Gasteiger partial charge in [0.15, 0.2) is 0 Å². The van der Waals surface area contributed by atoms with Gasteiger partial charge in [-0.05, 0) is 59.7 Å². The highest BCUT2D eigenvalue weighted by Crippen LogP contribution is 2.28. The molecule has 28 heavy (non-hydrogen) atoms. The zero-order valence-corrected chi connectivity index (χ0v) is 15.6. The third-order valence-electron chi connectivity index (χ3n) is 4.29. The lowest BCUT2D eigenvalue weighted by Crippen LogP contribution is -2.13. The van der Waals surface area contributed by atoms with Crippen LogP contribution in [-0.2, 0) is 4.74 Å². The summed E-state index contributed by atoms with van der Waals surface area (Å²) < 4.78 is 9.81. The van der Waals surface area contributed by atoms with Crippen molar-refractivity contribution in [3.63, 3.8) is 0 Å². The van der Waals surface area contributed by atoms with Crippen molar-refractivity contribution in [2.24, 2.45) is 0 Å². The van der Waals surface area contributed by atoms with Gasteiger partial charge in [-0.15, -0.1) is 0 Å². The SMILES string of the molecule is COC(=O)c1ccc(-c2ccc(N)c(NC(=O)c3ccc(OC)cc3)c2)cc1. The summed E-state index contributed by atoms with van der Waals surface area (Å²) in [5, 5.41) is 2.83. The predicted molar refractivity (Wildman–Crippen MR) is 109 cm³/mol. The van der Waals surface area contributed by atoms with Crippen molar-refractivity contribution in [3.05, 3.63) is 77.9 Å². The van der Waals surface area contributed by atoms with Crippen molar-refractivity contribution in [3.8, 4) is 16.9 Å². The third kappa shape index (κ3) is 4.12. The lowest BCUT2D eigenvalue weighted by atomic mass is 10.0. The third-order valence-corrected chi connectivity index (χ3v) is 4.29. The quantitative estimate of drug-likeness (QED) is 0.519. The van der Waals surface area contributed by atoms with E-state index in [2.05, 4.69) is 5.32 Å². The van der Waals surface area contributed by atoms with E-state index in [0.717, 1.165) is 11.1 Å². The normalized spacial score (nSPS) is 10.2. The van der Waals surface area contributed by atoms with E-state index >= 15 is 0 Å². The summed E-state index contributed by atoms with van der Waals surface area (Å²) in [7, 11) is 2.91. The van der Waals surface area contributed by atoms with Crippen LogP contribution in [-0.4, -0.2) is 26.1 Å². The van der Waals surface area contributed by atoms with E-state index in [1.165, 1.54) is 7.11 Å². The van der Waals surface area contributed by atoms with Crippen LogP contribution in [0.2, 0.25) is 0 Å². The smallest absolute Gasteiger partial charge is 0.337 e. The minimum atomic E-state index is -0.392. The number of amides is 1. The van der Waals surface area contributed by atoms with Gasteiger partial charge in [0, 0.05) is 5.56 Å². The lowest BCUT2D eigenvalue weighted by Gasteiger charge is -2.11. The van der Waals surface area contributed by atoms with Gasteiger partial charge in [0.05, 0.1) is 31.2 Å². The number of anilines is 2. The Hall–Kier alpha value is -3.80. The summed E-state index contributed by atoms with van der Waals surface area (Å²) in [6.07, 6.45) is 0. The highest BCUT2D eigenvalue weighted by molar-refractivity contribution is 6.06. The monoisotopic (exact) mass is 376 g/mol. The van der Waals surface area contributed by atoms with Gasteiger partial charge in [-0.25, -0.2) is 4.79 Å². The number of ether oxygens (including phenoxy) is 2. The molecule has 0 aliphatic heterocycles. The maximum absolute atomic E-state index is 12.5. The van der Waals surface area contributed by atoms with E-state index in [0.29, 0.717) is 28.3 Å². The van der Waals surface area contributed by atoms with E-state index in [4.69, 9.17) is 15.2 Å². The molecule has 0 saturated carbocycles.